The highest BCUT2D eigenvalue weighted by Gasteiger charge is 2.14. The summed E-state index contributed by atoms with van der Waals surface area (Å²) in [6.45, 7) is 0. The van der Waals surface area contributed by atoms with Crippen LogP contribution >= 0.6 is 0 Å². The van der Waals surface area contributed by atoms with E-state index in [1.54, 1.807) is 18.0 Å². The van der Waals surface area contributed by atoms with Gasteiger partial charge >= 0.3 is 0 Å². The Balaban J connectivity index is 2.26. The topological polar surface area (TPSA) is 63.7 Å². The highest BCUT2D eigenvalue weighted by Crippen LogP contribution is 2.32. The maximum absolute atomic E-state index is 9.69. The van der Waals surface area contributed by atoms with Crippen molar-refractivity contribution < 1.29 is 4.74 Å². The molecule has 0 fully saturated rings. The molecule has 2 aromatic carbocycles. The first-order valence-corrected chi connectivity index (χ1v) is 6.85. The number of methoxy groups -OCH3 is 1. The molecular formula is C17H12N4O. The Labute approximate surface area is 126 Å². The van der Waals surface area contributed by atoms with Gasteiger partial charge in [-0.3, -0.25) is 4.68 Å². The molecule has 5 heteroatoms. The molecule has 0 aliphatic heterocycles. The number of benzene rings is 2. The van der Waals surface area contributed by atoms with E-state index < -0.39 is 0 Å². The third-order valence-electron chi connectivity index (χ3n) is 3.99. The highest BCUT2D eigenvalue weighted by molar-refractivity contribution is 6.12. The lowest BCUT2D eigenvalue weighted by atomic mass is 10.0. The maximum Gasteiger partial charge on any atom is 0.121 e. The molecule has 0 amide bonds. The molecule has 2 aromatic heterocycles. The third kappa shape index (κ3) is 1.58. The van der Waals surface area contributed by atoms with Crippen LogP contribution in [-0.2, 0) is 7.05 Å². The Morgan fingerprint density at radius 3 is 2.77 bits per heavy atom. The van der Waals surface area contributed by atoms with Crippen LogP contribution in [0.2, 0.25) is 0 Å². The Morgan fingerprint density at radius 1 is 1.14 bits per heavy atom. The van der Waals surface area contributed by atoms with Crippen molar-refractivity contribution in [2.45, 2.75) is 0 Å². The van der Waals surface area contributed by atoms with Crippen LogP contribution in [0.25, 0.3) is 32.7 Å². The molecule has 0 radical (unpaired) electrons. The molecular weight excluding hydrogens is 276 g/mol. The number of rotatable bonds is 1. The number of hydrogen-bond acceptors (Lipinski definition) is 4. The van der Waals surface area contributed by atoms with E-state index in [0.717, 1.165) is 38.5 Å². The van der Waals surface area contributed by atoms with Gasteiger partial charge in [-0.15, -0.1) is 0 Å². The molecule has 22 heavy (non-hydrogen) atoms. The summed E-state index contributed by atoms with van der Waals surface area (Å²) >= 11 is 0. The van der Waals surface area contributed by atoms with Crippen LogP contribution in [0.4, 0.5) is 0 Å². The summed E-state index contributed by atoms with van der Waals surface area (Å²) < 4.78 is 7.04. The van der Waals surface area contributed by atoms with Gasteiger partial charge in [-0.05, 0) is 24.3 Å². The second kappa shape index (κ2) is 4.43. The van der Waals surface area contributed by atoms with Crippen LogP contribution in [0, 0.1) is 11.3 Å². The summed E-state index contributed by atoms with van der Waals surface area (Å²) in [4.78, 5) is 4.69. The lowest BCUT2D eigenvalue weighted by Crippen LogP contribution is -1.92. The number of pyridine rings is 1. The summed E-state index contributed by atoms with van der Waals surface area (Å²) in [6, 6.07) is 11.8. The van der Waals surface area contributed by atoms with Crippen molar-refractivity contribution in [3.05, 3.63) is 42.1 Å². The fourth-order valence-electron chi connectivity index (χ4n) is 2.90. The predicted molar refractivity (Wildman–Crippen MR) is 84.8 cm³/mol. The van der Waals surface area contributed by atoms with Gasteiger partial charge in [-0.1, -0.05) is 0 Å². The molecule has 0 N–H and O–H groups in total. The SMILES string of the molecule is COc1ccc2c(C#N)c3c(ccc4c3cnn4C)nc2c1. The van der Waals surface area contributed by atoms with Gasteiger partial charge in [0.05, 0.1) is 35.4 Å². The van der Waals surface area contributed by atoms with Crippen molar-refractivity contribution in [1.82, 2.24) is 14.8 Å². The molecule has 0 spiro atoms. The first-order chi connectivity index (χ1) is 10.7. The molecule has 5 nitrogen and oxygen atoms in total. The molecule has 0 aliphatic rings. The number of hydrogen-bond donors (Lipinski definition) is 0. The summed E-state index contributed by atoms with van der Waals surface area (Å²) in [5, 5.41) is 16.6. The fourth-order valence-corrected chi connectivity index (χ4v) is 2.90. The molecule has 0 saturated heterocycles. The van der Waals surface area contributed by atoms with Crippen LogP contribution in [0.15, 0.2) is 36.5 Å². The number of ether oxygens (including phenoxy) is 1. The molecule has 0 saturated carbocycles. The molecule has 0 unspecified atom stereocenters. The summed E-state index contributed by atoms with van der Waals surface area (Å²) in [7, 11) is 3.51. The van der Waals surface area contributed by atoms with Crippen LogP contribution in [-0.4, -0.2) is 21.9 Å². The number of aromatic nitrogens is 3. The Hall–Kier alpha value is -3.13. The smallest absolute Gasteiger partial charge is 0.121 e. The van der Waals surface area contributed by atoms with Crippen LogP contribution in [0.3, 0.4) is 0 Å². The zero-order valence-electron chi connectivity index (χ0n) is 12.2. The maximum atomic E-state index is 9.69. The second-order valence-electron chi connectivity index (χ2n) is 5.14. The molecule has 4 aromatic rings. The van der Waals surface area contributed by atoms with Crippen LogP contribution < -0.4 is 4.74 Å². The minimum atomic E-state index is 0.626. The van der Waals surface area contributed by atoms with E-state index in [-0.39, 0.29) is 0 Å². The normalized spacial score (nSPS) is 11.1. The van der Waals surface area contributed by atoms with Gasteiger partial charge in [0.25, 0.3) is 0 Å². The van der Waals surface area contributed by atoms with Crippen molar-refractivity contribution >= 4 is 32.7 Å². The van der Waals surface area contributed by atoms with E-state index in [1.807, 2.05) is 37.4 Å². The Morgan fingerprint density at radius 2 is 2.00 bits per heavy atom. The lowest BCUT2D eigenvalue weighted by Gasteiger charge is -2.08. The van der Waals surface area contributed by atoms with E-state index in [0.29, 0.717) is 5.56 Å². The zero-order valence-corrected chi connectivity index (χ0v) is 12.2. The first-order valence-electron chi connectivity index (χ1n) is 6.85. The van der Waals surface area contributed by atoms with Gasteiger partial charge in [0.1, 0.15) is 11.8 Å². The third-order valence-corrected chi connectivity index (χ3v) is 3.99. The monoisotopic (exact) mass is 288 g/mol. The highest BCUT2D eigenvalue weighted by atomic mass is 16.5. The van der Waals surface area contributed by atoms with Crippen LogP contribution in [0.1, 0.15) is 5.56 Å². The minimum Gasteiger partial charge on any atom is -0.497 e. The van der Waals surface area contributed by atoms with Crippen molar-refractivity contribution in [1.29, 1.82) is 5.26 Å². The first kappa shape index (κ1) is 12.6. The van der Waals surface area contributed by atoms with Crippen molar-refractivity contribution in [3.63, 3.8) is 0 Å². The molecule has 0 atom stereocenters. The second-order valence-corrected chi connectivity index (χ2v) is 5.14. The Bertz CT molecular complexity index is 1090. The summed E-state index contributed by atoms with van der Waals surface area (Å²) in [6.07, 6.45) is 1.79. The average molecular weight is 288 g/mol. The van der Waals surface area contributed by atoms with Gasteiger partial charge in [0.2, 0.25) is 0 Å². The number of nitriles is 1. The predicted octanol–water partition coefficient (Wildman–Crippen LogP) is 3.15. The number of aryl methyl sites for hydroxylation is 1. The number of nitrogens with zero attached hydrogens (tertiary/aromatic N) is 4. The Kier molecular flexibility index (Phi) is 2.54. The summed E-state index contributed by atoms with van der Waals surface area (Å²) in [5.74, 6) is 0.727. The molecule has 106 valence electrons. The van der Waals surface area contributed by atoms with Gasteiger partial charge in [0, 0.05) is 29.3 Å². The lowest BCUT2D eigenvalue weighted by molar-refractivity contribution is 0.415. The largest absolute Gasteiger partial charge is 0.497 e. The average Bonchev–Trinajstić information content (AvgIpc) is 2.93. The van der Waals surface area contributed by atoms with E-state index in [1.165, 1.54) is 0 Å². The van der Waals surface area contributed by atoms with E-state index in [2.05, 4.69) is 16.2 Å². The molecule has 0 aliphatic carbocycles. The molecule has 2 heterocycles. The van der Waals surface area contributed by atoms with Gasteiger partial charge in [0.15, 0.2) is 0 Å². The van der Waals surface area contributed by atoms with E-state index in [9.17, 15) is 5.26 Å². The summed E-state index contributed by atoms with van der Waals surface area (Å²) in [5.41, 5.74) is 3.16. The van der Waals surface area contributed by atoms with Gasteiger partial charge in [-0.2, -0.15) is 10.4 Å². The molecule has 4 rings (SSSR count). The standard InChI is InChI=1S/C17H12N4O/c1-21-16-6-5-14-17(13(16)9-19-21)12(8-18)11-4-3-10(22-2)7-15(11)20-14/h3-7,9H,1-2H3. The van der Waals surface area contributed by atoms with Gasteiger partial charge < -0.3 is 4.74 Å². The van der Waals surface area contributed by atoms with Crippen molar-refractivity contribution in [3.8, 4) is 11.8 Å². The van der Waals surface area contributed by atoms with E-state index >= 15 is 0 Å². The van der Waals surface area contributed by atoms with E-state index in [4.69, 9.17) is 4.74 Å². The number of fused-ring (bicyclic) bond motifs is 4. The van der Waals surface area contributed by atoms with Crippen LogP contribution in [0.5, 0.6) is 5.75 Å². The van der Waals surface area contributed by atoms with Crippen molar-refractivity contribution in [2.75, 3.05) is 7.11 Å². The fraction of sp³-hybridized carbons (Fsp3) is 0.118. The zero-order chi connectivity index (χ0) is 15.3. The quantitative estimate of drug-likeness (QED) is 0.505. The minimum absolute atomic E-state index is 0.626. The van der Waals surface area contributed by atoms with Crippen molar-refractivity contribution in [2.24, 2.45) is 7.05 Å². The van der Waals surface area contributed by atoms with Gasteiger partial charge in [-0.25, -0.2) is 4.98 Å². The molecule has 0 bridgehead atoms.